The molecule has 0 bridgehead atoms. The number of alkyl halides is 1. The lowest BCUT2D eigenvalue weighted by molar-refractivity contribution is -0.00467. The lowest BCUT2D eigenvalue weighted by Gasteiger charge is -2.29. The van der Waals surface area contributed by atoms with Gasteiger partial charge in [0.15, 0.2) is 5.67 Å². The molecule has 4 heterocycles. The second-order valence-electron chi connectivity index (χ2n) is 9.09. The van der Waals surface area contributed by atoms with Crippen molar-refractivity contribution in [1.29, 1.82) is 0 Å². The highest BCUT2D eigenvalue weighted by Crippen LogP contribution is 2.34. The summed E-state index contributed by atoms with van der Waals surface area (Å²) in [5.41, 5.74) is 3.03. The van der Waals surface area contributed by atoms with Crippen molar-refractivity contribution in [3.63, 3.8) is 0 Å². The quantitative estimate of drug-likeness (QED) is 0.465. The first-order valence-electron chi connectivity index (χ1n) is 11.4. The first kappa shape index (κ1) is 22.9. The minimum absolute atomic E-state index is 0.0178. The number of halogens is 1. The Balaban J connectivity index is 1.34. The molecule has 5 rings (SSSR count). The van der Waals surface area contributed by atoms with Crippen LogP contribution in [0.4, 0.5) is 10.2 Å². The molecule has 0 unspecified atom stereocenters. The number of aromatic nitrogens is 3. The van der Waals surface area contributed by atoms with Crippen molar-refractivity contribution in [2.75, 3.05) is 25.6 Å². The molecule has 0 saturated heterocycles. The number of carbonyl (C=O) groups excluding carboxylic acids is 1. The number of hydrogen-bond donors (Lipinski definition) is 1. The number of rotatable bonds is 5. The monoisotopic (exact) mass is 471 g/mol. The van der Waals surface area contributed by atoms with Gasteiger partial charge in [-0.05, 0) is 60.5 Å². The van der Waals surface area contributed by atoms with Crippen LogP contribution in [0.5, 0.6) is 0 Å². The molecular formula is C27H26FN5O2. The Morgan fingerprint density at radius 2 is 1.94 bits per heavy atom. The zero-order valence-electron chi connectivity index (χ0n) is 19.9. The van der Waals surface area contributed by atoms with Crippen molar-refractivity contribution in [3.8, 4) is 11.4 Å². The molecule has 0 saturated carbocycles. The Morgan fingerprint density at radius 1 is 1.11 bits per heavy atom. The van der Waals surface area contributed by atoms with Gasteiger partial charge in [0.1, 0.15) is 5.82 Å². The maximum Gasteiger partial charge on any atom is 0.251 e. The zero-order valence-corrected chi connectivity index (χ0v) is 19.9. The van der Waals surface area contributed by atoms with E-state index in [-0.39, 0.29) is 19.1 Å². The maximum absolute atomic E-state index is 14.8. The third kappa shape index (κ3) is 4.70. The third-order valence-corrected chi connectivity index (χ3v) is 6.08. The zero-order chi connectivity index (χ0) is 24.6. The van der Waals surface area contributed by atoms with E-state index in [1.807, 2.05) is 55.4 Å². The average molecular weight is 472 g/mol. The topological polar surface area (TPSA) is 80.2 Å². The molecular weight excluding hydrogens is 445 g/mol. The summed E-state index contributed by atoms with van der Waals surface area (Å²) >= 11 is 0. The molecule has 0 aliphatic carbocycles. The number of carbonyl (C=O) groups is 1. The van der Waals surface area contributed by atoms with Gasteiger partial charge in [0.25, 0.3) is 5.91 Å². The number of nitrogens with zero attached hydrogens (tertiary/aromatic N) is 4. The van der Waals surface area contributed by atoms with Gasteiger partial charge in [-0.1, -0.05) is 12.1 Å². The Bertz CT molecular complexity index is 1420. The molecule has 1 atom stereocenters. The van der Waals surface area contributed by atoms with Gasteiger partial charge in [-0.15, -0.1) is 0 Å². The third-order valence-electron chi connectivity index (χ3n) is 6.08. The number of amides is 1. The SMILES string of the molecule is CN(C)c1cccc(-c2ccc3cnc(CNC(=O)c4ccc5c(c4)[C@](C)(F)COC5)cc3n2)n1. The van der Waals surface area contributed by atoms with Gasteiger partial charge in [0.2, 0.25) is 0 Å². The van der Waals surface area contributed by atoms with Crippen LogP contribution < -0.4 is 10.2 Å². The lowest BCUT2D eigenvalue weighted by Crippen LogP contribution is -2.30. The van der Waals surface area contributed by atoms with Crippen LogP contribution in [0.25, 0.3) is 22.3 Å². The first-order valence-corrected chi connectivity index (χ1v) is 11.4. The molecule has 4 aromatic rings. The molecule has 0 fully saturated rings. The molecule has 0 radical (unpaired) electrons. The van der Waals surface area contributed by atoms with Crippen LogP contribution in [0, 0.1) is 0 Å². The number of benzene rings is 1. The highest BCUT2D eigenvalue weighted by Gasteiger charge is 2.33. The van der Waals surface area contributed by atoms with E-state index < -0.39 is 5.67 Å². The summed E-state index contributed by atoms with van der Waals surface area (Å²) in [6.45, 7) is 2.03. The Kier molecular flexibility index (Phi) is 5.90. The predicted octanol–water partition coefficient (Wildman–Crippen LogP) is 4.40. The van der Waals surface area contributed by atoms with Gasteiger partial charge >= 0.3 is 0 Å². The first-order chi connectivity index (χ1) is 16.8. The molecule has 1 aliphatic heterocycles. The predicted molar refractivity (Wildman–Crippen MR) is 133 cm³/mol. The van der Waals surface area contributed by atoms with Crippen LogP contribution in [-0.4, -0.2) is 41.6 Å². The lowest BCUT2D eigenvalue weighted by atomic mass is 9.90. The van der Waals surface area contributed by atoms with Crippen molar-refractivity contribution >= 4 is 22.6 Å². The van der Waals surface area contributed by atoms with Gasteiger partial charge in [0, 0.05) is 31.2 Å². The Morgan fingerprint density at radius 3 is 2.77 bits per heavy atom. The van der Waals surface area contributed by atoms with Gasteiger partial charge < -0.3 is 15.0 Å². The highest BCUT2D eigenvalue weighted by atomic mass is 19.1. The van der Waals surface area contributed by atoms with Gasteiger partial charge in [-0.2, -0.15) is 0 Å². The number of nitrogens with one attached hydrogen (secondary N) is 1. The van der Waals surface area contributed by atoms with E-state index in [2.05, 4.69) is 15.3 Å². The van der Waals surface area contributed by atoms with E-state index in [1.165, 1.54) is 6.92 Å². The fourth-order valence-electron chi connectivity index (χ4n) is 4.14. The molecule has 1 N–H and O–H groups in total. The van der Waals surface area contributed by atoms with Gasteiger partial charge in [-0.25, -0.2) is 14.4 Å². The van der Waals surface area contributed by atoms with Gasteiger partial charge in [-0.3, -0.25) is 9.78 Å². The van der Waals surface area contributed by atoms with E-state index >= 15 is 0 Å². The van der Waals surface area contributed by atoms with Crippen molar-refractivity contribution in [1.82, 2.24) is 20.3 Å². The summed E-state index contributed by atoms with van der Waals surface area (Å²) in [6.07, 6.45) is 1.74. The van der Waals surface area contributed by atoms with Crippen LogP contribution in [0.2, 0.25) is 0 Å². The van der Waals surface area contributed by atoms with Crippen LogP contribution in [0.3, 0.4) is 0 Å². The minimum Gasteiger partial charge on any atom is -0.373 e. The van der Waals surface area contributed by atoms with Crippen molar-refractivity contribution < 1.29 is 13.9 Å². The van der Waals surface area contributed by atoms with Gasteiger partial charge in [0.05, 0.1) is 42.4 Å². The van der Waals surface area contributed by atoms with E-state index in [4.69, 9.17) is 9.72 Å². The van der Waals surface area contributed by atoms with E-state index in [9.17, 15) is 9.18 Å². The Labute approximate surface area is 203 Å². The second-order valence-corrected chi connectivity index (χ2v) is 9.09. The van der Waals surface area contributed by atoms with E-state index in [1.54, 1.807) is 24.4 Å². The van der Waals surface area contributed by atoms with Crippen LogP contribution >= 0.6 is 0 Å². The molecule has 1 amide bonds. The van der Waals surface area contributed by atoms with Crippen LogP contribution in [0.1, 0.15) is 34.1 Å². The number of hydrogen-bond acceptors (Lipinski definition) is 6. The van der Waals surface area contributed by atoms with Crippen molar-refractivity contribution in [2.24, 2.45) is 0 Å². The molecule has 1 aromatic carbocycles. The largest absolute Gasteiger partial charge is 0.373 e. The van der Waals surface area contributed by atoms with Crippen LogP contribution in [0.15, 0.2) is 60.8 Å². The molecule has 3 aromatic heterocycles. The van der Waals surface area contributed by atoms with E-state index in [0.717, 1.165) is 33.7 Å². The standard InChI is InChI=1S/C27H26FN5O2/c1-27(28)16-35-15-19-8-7-17(11-21(19)27)26(34)30-14-20-12-24-18(13-29-20)9-10-23(31-24)22-5-4-6-25(32-22)33(2)3/h4-13H,14-16H2,1-3H3,(H,30,34)/t27-/m1/s1. The average Bonchev–Trinajstić information content (AvgIpc) is 2.86. The number of pyridine rings is 3. The van der Waals surface area contributed by atoms with Crippen LogP contribution in [-0.2, 0) is 23.6 Å². The number of fused-ring (bicyclic) bond motifs is 2. The fourth-order valence-corrected chi connectivity index (χ4v) is 4.14. The summed E-state index contributed by atoms with van der Waals surface area (Å²) < 4.78 is 20.2. The fraction of sp³-hybridized carbons (Fsp3) is 0.259. The summed E-state index contributed by atoms with van der Waals surface area (Å²) in [7, 11) is 3.89. The van der Waals surface area contributed by atoms with Crippen molar-refractivity contribution in [3.05, 3.63) is 83.2 Å². The number of ether oxygens (including phenoxy) is 1. The smallest absolute Gasteiger partial charge is 0.251 e. The number of anilines is 1. The van der Waals surface area contributed by atoms with Crippen molar-refractivity contribution in [2.45, 2.75) is 25.7 Å². The molecule has 178 valence electrons. The molecule has 7 nitrogen and oxygen atoms in total. The molecule has 35 heavy (non-hydrogen) atoms. The molecule has 8 heteroatoms. The second kappa shape index (κ2) is 9.03. The Hall–Kier alpha value is -3.91. The maximum atomic E-state index is 14.8. The summed E-state index contributed by atoms with van der Waals surface area (Å²) in [4.78, 5) is 28.6. The highest BCUT2D eigenvalue weighted by molar-refractivity contribution is 5.94. The minimum atomic E-state index is -1.62. The van der Waals surface area contributed by atoms with E-state index in [0.29, 0.717) is 23.4 Å². The summed E-state index contributed by atoms with van der Waals surface area (Å²) in [5, 5.41) is 3.77. The molecule has 0 spiro atoms. The normalized spacial score (nSPS) is 17.1. The molecule has 1 aliphatic rings. The summed E-state index contributed by atoms with van der Waals surface area (Å²) in [5.74, 6) is 0.564. The summed E-state index contributed by atoms with van der Waals surface area (Å²) in [6, 6.07) is 16.6.